The summed E-state index contributed by atoms with van der Waals surface area (Å²) < 4.78 is 26.1. The number of phenols is 4. The molecule has 17 nitrogen and oxygen atoms in total. The Morgan fingerprint density at radius 2 is 1.69 bits per heavy atom. The number of phenolic OH excluding ortho intramolecular Hbond substituents is 4. The van der Waals surface area contributed by atoms with Crippen LogP contribution in [0.3, 0.4) is 0 Å². The zero-order valence-corrected chi connectivity index (χ0v) is 22.6. The van der Waals surface area contributed by atoms with Crippen LogP contribution in [0.15, 0.2) is 30.3 Å². The molecule has 1 saturated heterocycles. The Balaban J connectivity index is 1.45. The second kappa shape index (κ2) is 11.9. The zero-order chi connectivity index (χ0) is 32.7. The average Bonchev–Trinajstić information content (AvgIpc) is 3.32. The molecule has 0 amide bonds. The molecule has 45 heavy (non-hydrogen) atoms. The van der Waals surface area contributed by atoms with Gasteiger partial charge < -0.3 is 59.4 Å². The number of aliphatic carboxylic acids is 1. The highest BCUT2D eigenvalue weighted by Crippen LogP contribution is 2.51. The Morgan fingerprint density at radius 1 is 0.956 bits per heavy atom. The first-order valence-corrected chi connectivity index (χ1v) is 13.1. The number of carbonyl (C=O) groups excluding carboxylic acids is 4. The normalized spacial score (nSPS) is 27.8. The molecule has 0 bridgehead atoms. The van der Waals surface area contributed by atoms with Crippen molar-refractivity contribution < 1.29 is 83.4 Å². The van der Waals surface area contributed by atoms with E-state index in [2.05, 4.69) is 0 Å². The van der Waals surface area contributed by atoms with Gasteiger partial charge in [-0.15, -0.1) is 0 Å². The predicted molar refractivity (Wildman–Crippen MR) is 140 cm³/mol. The van der Waals surface area contributed by atoms with Crippen molar-refractivity contribution in [1.29, 1.82) is 0 Å². The second-order valence-corrected chi connectivity index (χ2v) is 10.2. The quantitative estimate of drug-likeness (QED) is 0.0711. The summed E-state index contributed by atoms with van der Waals surface area (Å²) in [5, 5.41) is 70.4. The molecule has 1 fully saturated rings. The van der Waals surface area contributed by atoms with E-state index in [4.69, 9.17) is 23.7 Å². The summed E-state index contributed by atoms with van der Waals surface area (Å²) in [6.07, 6.45) is -8.58. The first kappa shape index (κ1) is 31.0. The summed E-state index contributed by atoms with van der Waals surface area (Å²) in [6, 6.07) is 4.36. The van der Waals surface area contributed by atoms with Crippen LogP contribution in [-0.2, 0) is 38.1 Å². The number of carboxylic acid groups (broad SMARTS) is 1. The summed E-state index contributed by atoms with van der Waals surface area (Å²) in [5.41, 5.74) is -0.748. The molecule has 0 spiro atoms. The summed E-state index contributed by atoms with van der Waals surface area (Å²) in [7, 11) is 0. The molecule has 0 radical (unpaired) electrons. The van der Waals surface area contributed by atoms with E-state index in [9.17, 15) is 59.7 Å². The third kappa shape index (κ3) is 5.91. The predicted octanol–water partition coefficient (Wildman–Crippen LogP) is -0.612. The number of hydrogen-bond acceptors (Lipinski definition) is 16. The van der Waals surface area contributed by atoms with Crippen molar-refractivity contribution in [1.82, 2.24) is 0 Å². The third-order valence-corrected chi connectivity index (χ3v) is 7.28. The monoisotopic (exact) mass is 632 g/mol. The highest BCUT2D eigenvalue weighted by Gasteiger charge is 2.53. The molecular formula is C28H24O17. The van der Waals surface area contributed by atoms with E-state index in [-0.39, 0.29) is 5.56 Å². The van der Waals surface area contributed by atoms with Crippen LogP contribution in [0, 0.1) is 5.92 Å². The second-order valence-electron chi connectivity index (χ2n) is 10.2. The molecule has 3 aliphatic rings. The number of carbonyl (C=O) groups is 5. The van der Waals surface area contributed by atoms with Crippen LogP contribution in [0.2, 0.25) is 0 Å². The standard InChI is InChI=1S/C28H24O17/c29-12-3-1-9(5-13(12)30)2-4-17(34)43-28-22(37)21(36)23-15(42-28)8-41-25(38)10-6-14(31)20(35)24-18(10)19(27(40)45-24)11(7-16(32)33)26(39)44-23/h1-6,11,15,19,21-23,28-31,35-37H,7-8H2,(H,32,33)/b4-2+/t11?,15?,19?,21-,22+,23-,28-/m0/s1. The minimum atomic E-state index is -2.07. The van der Waals surface area contributed by atoms with E-state index in [1.807, 2.05) is 0 Å². The minimum Gasteiger partial charge on any atom is -0.504 e. The Hall–Kier alpha value is -5.39. The van der Waals surface area contributed by atoms with Crippen LogP contribution in [0.1, 0.15) is 33.8 Å². The van der Waals surface area contributed by atoms with Gasteiger partial charge in [-0.3, -0.25) is 14.4 Å². The van der Waals surface area contributed by atoms with Crippen molar-refractivity contribution in [2.45, 2.75) is 43.0 Å². The molecule has 5 rings (SSSR count). The molecule has 7 atom stereocenters. The summed E-state index contributed by atoms with van der Waals surface area (Å²) >= 11 is 0. The molecule has 3 unspecified atom stereocenters. The molecule has 7 N–H and O–H groups in total. The maximum Gasteiger partial charge on any atom is 0.338 e. The van der Waals surface area contributed by atoms with Crippen LogP contribution in [0.5, 0.6) is 28.7 Å². The topological polar surface area (TPSA) is 273 Å². The number of esters is 4. The minimum absolute atomic E-state index is 0.267. The first-order chi connectivity index (χ1) is 21.3. The number of fused-ring (bicyclic) bond motifs is 1. The van der Waals surface area contributed by atoms with Crippen molar-refractivity contribution >= 4 is 35.9 Å². The molecular weight excluding hydrogens is 608 g/mol. The molecule has 0 aromatic heterocycles. The van der Waals surface area contributed by atoms with Crippen LogP contribution < -0.4 is 4.74 Å². The lowest BCUT2D eigenvalue weighted by Crippen LogP contribution is -2.61. The number of rotatable bonds is 5. The van der Waals surface area contributed by atoms with Crippen LogP contribution >= 0.6 is 0 Å². The van der Waals surface area contributed by atoms with E-state index in [1.54, 1.807) is 0 Å². The van der Waals surface area contributed by atoms with Gasteiger partial charge in [-0.25, -0.2) is 9.59 Å². The highest BCUT2D eigenvalue weighted by molar-refractivity contribution is 6.01. The average molecular weight is 632 g/mol. The van der Waals surface area contributed by atoms with E-state index >= 15 is 0 Å². The highest BCUT2D eigenvalue weighted by atomic mass is 16.7. The Bertz CT molecular complexity index is 1610. The van der Waals surface area contributed by atoms with Crippen molar-refractivity contribution in [3.8, 4) is 28.7 Å². The number of hydrogen-bond donors (Lipinski definition) is 7. The Morgan fingerprint density at radius 3 is 2.38 bits per heavy atom. The lowest BCUT2D eigenvalue weighted by molar-refractivity contribution is -0.294. The van der Waals surface area contributed by atoms with Crippen molar-refractivity contribution in [3.05, 3.63) is 47.0 Å². The van der Waals surface area contributed by atoms with Gasteiger partial charge in [0.1, 0.15) is 30.8 Å². The van der Waals surface area contributed by atoms with Crippen LogP contribution in [0.25, 0.3) is 6.08 Å². The Kier molecular flexibility index (Phi) is 8.24. The van der Waals surface area contributed by atoms with Crippen molar-refractivity contribution in [2.75, 3.05) is 6.61 Å². The molecule has 17 heteroatoms. The molecule has 3 heterocycles. The molecule has 0 aliphatic carbocycles. The zero-order valence-electron chi connectivity index (χ0n) is 22.6. The summed E-state index contributed by atoms with van der Waals surface area (Å²) in [6.45, 7) is -0.837. The number of aliphatic hydroxyl groups excluding tert-OH is 2. The van der Waals surface area contributed by atoms with Gasteiger partial charge in [-0.2, -0.15) is 0 Å². The Labute approximate surface area is 251 Å². The summed E-state index contributed by atoms with van der Waals surface area (Å²) in [4.78, 5) is 63.6. The van der Waals surface area contributed by atoms with Crippen LogP contribution in [0.4, 0.5) is 0 Å². The van der Waals surface area contributed by atoms with E-state index in [0.29, 0.717) is 0 Å². The number of aliphatic hydroxyl groups is 2. The lowest BCUT2D eigenvalue weighted by Gasteiger charge is -2.41. The molecule has 0 saturated carbocycles. The van der Waals surface area contributed by atoms with Crippen molar-refractivity contribution in [3.63, 3.8) is 0 Å². The summed E-state index contributed by atoms with van der Waals surface area (Å²) in [5.74, 6) is -13.8. The molecule has 3 aliphatic heterocycles. The van der Waals surface area contributed by atoms with E-state index < -0.39 is 125 Å². The lowest BCUT2D eigenvalue weighted by atomic mass is 9.82. The fourth-order valence-electron chi connectivity index (χ4n) is 5.10. The smallest absolute Gasteiger partial charge is 0.338 e. The number of cyclic esters (lactones) is 1. The molecule has 2 aromatic carbocycles. The van der Waals surface area contributed by atoms with E-state index in [0.717, 1.165) is 24.3 Å². The number of carboxylic acids is 1. The number of ether oxygens (including phenoxy) is 5. The molecule has 2 aromatic rings. The number of benzene rings is 2. The van der Waals surface area contributed by atoms with Gasteiger partial charge in [0, 0.05) is 11.6 Å². The number of aromatic hydroxyl groups is 4. The molecule has 238 valence electrons. The fraction of sp³-hybridized carbons (Fsp3) is 0.321. The van der Waals surface area contributed by atoms with Gasteiger partial charge in [0.05, 0.1) is 17.9 Å². The largest absolute Gasteiger partial charge is 0.504 e. The van der Waals surface area contributed by atoms with Gasteiger partial charge >= 0.3 is 29.8 Å². The van der Waals surface area contributed by atoms with Gasteiger partial charge in [0.15, 0.2) is 29.1 Å². The van der Waals surface area contributed by atoms with Gasteiger partial charge in [0.25, 0.3) is 0 Å². The third-order valence-electron chi connectivity index (χ3n) is 7.28. The van der Waals surface area contributed by atoms with Gasteiger partial charge in [-0.1, -0.05) is 6.07 Å². The van der Waals surface area contributed by atoms with Crippen LogP contribution in [-0.4, -0.2) is 103 Å². The maximum absolute atomic E-state index is 13.4. The van der Waals surface area contributed by atoms with Gasteiger partial charge in [-0.05, 0) is 29.8 Å². The van der Waals surface area contributed by atoms with E-state index in [1.165, 1.54) is 12.1 Å². The van der Waals surface area contributed by atoms with Crippen molar-refractivity contribution in [2.24, 2.45) is 5.92 Å². The van der Waals surface area contributed by atoms with Gasteiger partial charge in [0.2, 0.25) is 12.0 Å². The first-order valence-electron chi connectivity index (χ1n) is 13.1. The maximum atomic E-state index is 13.4. The SMILES string of the molecule is O=C(O)CC1C(=O)O[C@H]2C(COC(=O)c3cc(O)c(O)c4c3C1C(=O)O4)O[C@@H](OC(=O)/C=C/c1ccc(O)c(O)c1)[C@H](O)[C@@H]2O. The fourth-order valence-corrected chi connectivity index (χ4v) is 5.10.